The van der Waals surface area contributed by atoms with E-state index in [2.05, 4.69) is 5.32 Å². The number of halogens is 2. The van der Waals surface area contributed by atoms with Gasteiger partial charge in [0.25, 0.3) is 5.56 Å². The molecule has 0 saturated carbocycles. The van der Waals surface area contributed by atoms with Crippen LogP contribution in [0.25, 0.3) is 11.1 Å². The first-order valence-electron chi connectivity index (χ1n) is 8.56. The Labute approximate surface area is 164 Å². The van der Waals surface area contributed by atoms with E-state index in [0.717, 1.165) is 22.9 Å². The topological polar surface area (TPSA) is 95.2 Å². The summed E-state index contributed by atoms with van der Waals surface area (Å²) in [5.74, 6) is -1.67. The predicted molar refractivity (Wildman–Crippen MR) is 106 cm³/mol. The lowest BCUT2D eigenvalue weighted by Gasteiger charge is -2.17. The van der Waals surface area contributed by atoms with Crippen LogP contribution in [0.3, 0.4) is 0 Å². The molecule has 0 atom stereocenters. The van der Waals surface area contributed by atoms with Crippen LogP contribution in [0.4, 0.5) is 20.3 Å². The van der Waals surface area contributed by atoms with Crippen molar-refractivity contribution in [2.24, 2.45) is 7.05 Å². The van der Waals surface area contributed by atoms with Crippen molar-refractivity contribution >= 4 is 24.0 Å². The SMILES string of the molecule is Cn1c(Nc2c(F)cccc2F)c(C=N)cc(-c2cc(C=O)ccc2CO)c1=O. The van der Waals surface area contributed by atoms with Crippen LogP contribution in [0.1, 0.15) is 21.5 Å². The second-order valence-corrected chi connectivity index (χ2v) is 6.28. The number of benzene rings is 2. The second-order valence-electron chi connectivity index (χ2n) is 6.28. The van der Waals surface area contributed by atoms with Crippen LogP contribution >= 0.6 is 0 Å². The van der Waals surface area contributed by atoms with Gasteiger partial charge in [0.15, 0.2) is 0 Å². The number of carbonyl (C=O) groups excluding carboxylic acids is 1. The molecule has 0 fully saturated rings. The van der Waals surface area contributed by atoms with Gasteiger partial charge < -0.3 is 15.8 Å². The van der Waals surface area contributed by atoms with Crippen molar-refractivity contribution in [2.75, 3.05) is 5.32 Å². The standard InChI is InChI=1S/C21H17F2N3O3/c1-26-20(25-19-17(22)3-2-4-18(19)23)14(9-24)8-16(21(26)29)15-7-12(10-27)5-6-13(15)11-28/h2-10,24-25,28H,11H2,1H3. The quantitative estimate of drug-likeness (QED) is 0.439. The lowest BCUT2D eigenvalue weighted by atomic mass is 9.97. The molecule has 3 aromatic rings. The fourth-order valence-electron chi connectivity index (χ4n) is 3.01. The van der Waals surface area contributed by atoms with Crippen LogP contribution in [0.5, 0.6) is 0 Å². The van der Waals surface area contributed by atoms with Crippen molar-refractivity contribution in [3.05, 3.63) is 81.1 Å². The molecular weight excluding hydrogens is 380 g/mol. The first-order chi connectivity index (χ1) is 13.9. The van der Waals surface area contributed by atoms with Crippen molar-refractivity contribution in [3.8, 4) is 11.1 Å². The summed E-state index contributed by atoms with van der Waals surface area (Å²) >= 11 is 0. The van der Waals surface area contributed by atoms with E-state index in [-0.39, 0.29) is 23.6 Å². The number of rotatable bonds is 6. The molecule has 3 N–H and O–H groups in total. The normalized spacial score (nSPS) is 10.6. The molecule has 8 heteroatoms. The van der Waals surface area contributed by atoms with E-state index in [4.69, 9.17) is 5.41 Å². The Kier molecular flexibility index (Phi) is 5.65. The van der Waals surface area contributed by atoms with Gasteiger partial charge in [0, 0.05) is 30.0 Å². The molecular formula is C21H17F2N3O3. The Bertz CT molecular complexity index is 1150. The molecule has 1 aromatic heterocycles. The number of nitrogens with one attached hydrogen (secondary N) is 2. The van der Waals surface area contributed by atoms with Gasteiger partial charge in [-0.2, -0.15) is 0 Å². The van der Waals surface area contributed by atoms with Gasteiger partial charge in [0.05, 0.1) is 6.61 Å². The zero-order chi connectivity index (χ0) is 21.1. The minimum atomic E-state index is -0.848. The third kappa shape index (κ3) is 3.70. The first kappa shape index (κ1) is 20.1. The number of anilines is 2. The molecule has 3 rings (SSSR count). The van der Waals surface area contributed by atoms with Crippen molar-refractivity contribution in [3.63, 3.8) is 0 Å². The summed E-state index contributed by atoms with van der Waals surface area (Å²) in [5, 5.41) is 19.8. The van der Waals surface area contributed by atoms with E-state index in [1.807, 2.05) is 0 Å². The fraction of sp³-hybridized carbons (Fsp3) is 0.0952. The van der Waals surface area contributed by atoms with Crippen molar-refractivity contribution in [2.45, 2.75) is 6.61 Å². The number of pyridine rings is 1. The summed E-state index contributed by atoms with van der Waals surface area (Å²) in [6.45, 7) is -0.363. The van der Waals surface area contributed by atoms with Crippen LogP contribution in [-0.4, -0.2) is 22.2 Å². The summed E-state index contributed by atoms with van der Waals surface area (Å²) in [6.07, 6.45) is 1.55. The van der Waals surface area contributed by atoms with E-state index in [9.17, 15) is 23.5 Å². The van der Waals surface area contributed by atoms with Crippen molar-refractivity contribution < 1.29 is 18.7 Å². The maximum absolute atomic E-state index is 14.0. The minimum Gasteiger partial charge on any atom is -0.392 e. The maximum Gasteiger partial charge on any atom is 0.259 e. The number of aromatic nitrogens is 1. The number of hydrogen-bond acceptors (Lipinski definition) is 5. The molecule has 6 nitrogen and oxygen atoms in total. The number of para-hydroxylation sites is 1. The van der Waals surface area contributed by atoms with Gasteiger partial charge in [-0.25, -0.2) is 8.78 Å². The molecule has 0 bridgehead atoms. The van der Waals surface area contributed by atoms with E-state index < -0.39 is 22.9 Å². The molecule has 0 unspecified atom stereocenters. The average molecular weight is 397 g/mol. The van der Waals surface area contributed by atoms with Crippen molar-refractivity contribution in [1.29, 1.82) is 5.41 Å². The number of aliphatic hydroxyl groups excluding tert-OH is 1. The molecule has 0 spiro atoms. The Balaban J connectivity index is 2.23. The average Bonchev–Trinajstić information content (AvgIpc) is 2.73. The lowest BCUT2D eigenvalue weighted by Crippen LogP contribution is -2.23. The second kappa shape index (κ2) is 8.15. The van der Waals surface area contributed by atoms with Gasteiger partial charge >= 0.3 is 0 Å². The summed E-state index contributed by atoms with van der Waals surface area (Å²) in [7, 11) is 1.39. The zero-order valence-corrected chi connectivity index (χ0v) is 15.4. The first-order valence-corrected chi connectivity index (χ1v) is 8.56. The van der Waals surface area contributed by atoms with Gasteiger partial charge in [0.2, 0.25) is 0 Å². The number of carbonyl (C=O) groups is 1. The number of aldehydes is 1. The largest absolute Gasteiger partial charge is 0.392 e. The summed E-state index contributed by atoms with van der Waals surface area (Å²) < 4.78 is 29.2. The molecule has 0 aliphatic rings. The fourth-order valence-corrected chi connectivity index (χ4v) is 3.01. The summed E-state index contributed by atoms with van der Waals surface area (Å²) in [4.78, 5) is 24.1. The lowest BCUT2D eigenvalue weighted by molar-refractivity contribution is 0.112. The number of nitrogens with zero attached hydrogens (tertiary/aromatic N) is 1. The Morgan fingerprint density at radius 3 is 2.41 bits per heavy atom. The van der Waals surface area contributed by atoms with Gasteiger partial charge in [-0.1, -0.05) is 18.2 Å². The highest BCUT2D eigenvalue weighted by atomic mass is 19.1. The molecule has 2 aromatic carbocycles. The van der Waals surface area contributed by atoms with Gasteiger partial charge in [0.1, 0.15) is 29.4 Å². The van der Waals surface area contributed by atoms with Crippen LogP contribution in [0, 0.1) is 17.0 Å². The molecule has 29 heavy (non-hydrogen) atoms. The monoisotopic (exact) mass is 397 g/mol. The van der Waals surface area contributed by atoms with Gasteiger partial charge in [-0.05, 0) is 35.4 Å². The number of aliphatic hydroxyl groups is 1. The molecule has 0 saturated heterocycles. The van der Waals surface area contributed by atoms with E-state index in [1.165, 1.54) is 37.4 Å². The van der Waals surface area contributed by atoms with E-state index >= 15 is 0 Å². The molecule has 0 aliphatic heterocycles. The molecule has 148 valence electrons. The minimum absolute atomic E-state index is 0.0230. The molecule has 1 heterocycles. The van der Waals surface area contributed by atoms with Crippen molar-refractivity contribution in [1.82, 2.24) is 4.57 Å². The zero-order valence-electron chi connectivity index (χ0n) is 15.4. The smallest absolute Gasteiger partial charge is 0.259 e. The van der Waals surface area contributed by atoms with Crippen LogP contribution in [0.15, 0.2) is 47.3 Å². The Morgan fingerprint density at radius 1 is 1.14 bits per heavy atom. The highest BCUT2D eigenvalue weighted by molar-refractivity contribution is 5.89. The third-order valence-electron chi connectivity index (χ3n) is 4.54. The van der Waals surface area contributed by atoms with Crippen LogP contribution in [0.2, 0.25) is 0 Å². The Hall–Kier alpha value is -3.65. The maximum atomic E-state index is 14.0. The highest BCUT2D eigenvalue weighted by Gasteiger charge is 2.18. The molecule has 0 aliphatic carbocycles. The predicted octanol–water partition coefficient (Wildman–Crippen LogP) is 3.38. The van der Waals surface area contributed by atoms with Crippen LogP contribution < -0.4 is 10.9 Å². The van der Waals surface area contributed by atoms with Gasteiger partial charge in [-0.3, -0.25) is 14.2 Å². The van der Waals surface area contributed by atoms with E-state index in [1.54, 1.807) is 0 Å². The number of hydrogen-bond donors (Lipinski definition) is 3. The Morgan fingerprint density at radius 2 is 1.83 bits per heavy atom. The third-order valence-corrected chi connectivity index (χ3v) is 4.54. The summed E-state index contributed by atoms with van der Waals surface area (Å²) in [6, 6.07) is 9.24. The van der Waals surface area contributed by atoms with Gasteiger partial charge in [-0.15, -0.1) is 0 Å². The molecule has 0 radical (unpaired) electrons. The van der Waals surface area contributed by atoms with E-state index in [0.29, 0.717) is 23.0 Å². The molecule has 0 amide bonds. The van der Waals surface area contributed by atoms with Crippen LogP contribution in [-0.2, 0) is 13.7 Å². The highest BCUT2D eigenvalue weighted by Crippen LogP contribution is 2.28. The summed E-state index contributed by atoms with van der Waals surface area (Å²) in [5.41, 5.74) is 0.411.